The molecular weight excluding hydrogens is 365 g/mol. The molecule has 1 N–H and O–H groups in total. The van der Waals surface area contributed by atoms with Gasteiger partial charge < -0.3 is 19.1 Å². The lowest BCUT2D eigenvalue weighted by Crippen LogP contribution is -1.94. The molecule has 0 aliphatic rings. The summed E-state index contributed by atoms with van der Waals surface area (Å²) >= 11 is 12.1. The second-order valence-corrected chi connectivity index (χ2v) is 6.09. The van der Waals surface area contributed by atoms with Crippen LogP contribution in [0.3, 0.4) is 0 Å². The fourth-order valence-corrected chi connectivity index (χ4v) is 3.10. The van der Waals surface area contributed by atoms with Crippen LogP contribution in [0.4, 0.5) is 0 Å². The van der Waals surface area contributed by atoms with E-state index in [1.54, 1.807) is 50.6 Å². The highest BCUT2D eigenvalue weighted by Gasteiger charge is 2.22. The van der Waals surface area contributed by atoms with Gasteiger partial charge in [0.05, 0.1) is 26.4 Å². The molecular formula is C18H15Cl2NO4. The molecule has 0 unspecified atom stereocenters. The van der Waals surface area contributed by atoms with E-state index in [0.29, 0.717) is 49.7 Å². The third-order valence-corrected chi connectivity index (χ3v) is 4.17. The highest BCUT2D eigenvalue weighted by Crippen LogP contribution is 2.39. The first-order valence-corrected chi connectivity index (χ1v) is 8.11. The second-order valence-electron chi connectivity index (χ2n) is 5.22. The van der Waals surface area contributed by atoms with E-state index in [0.717, 1.165) is 0 Å². The number of rotatable bonds is 5. The smallest absolute Gasteiger partial charge is 0.173 e. The van der Waals surface area contributed by atoms with Gasteiger partial charge in [0.2, 0.25) is 0 Å². The van der Waals surface area contributed by atoms with Crippen LogP contribution >= 0.6 is 23.2 Å². The van der Waals surface area contributed by atoms with Crippen molar-refractivity contribution in [2.24, 2.45) is 0 Å². The molecule has 0 fully saturated rings. The van der Waals surface area contributed by atoms with Gasteiger partial charge in [-0.15, -0.1) is 0 Å². The van der Waals surface area contributed by atoms with Crippen LogP contribution in [0.5, 0.6) is 11.5 Å². The molecule has 3 rings (SSSR count). The zero-order chi connectivity index (χ0) is 18.0. The van der Waals surface area contributed by atoms with E-state index < -0.39 is 0 Å². The maximum Gasteiger partial charge on any atom is 0.173 e. The molecule has 1 aromatic heterocycles. The third-order valence-electron chi connectivity index (χ3n) is 3.73. The molecule has 0 bridgehead atoms. The molecule has 0 radical (unpaired) electrons. The van der Waals surface area contributed by atoms with E-state index in [4.69, 9.17) is 37.2 Å². The number of halogens is 2. The van der Waals surface area contributed by atoms with Crippen LogP contribution in [-0.4, -0.2) is 24.5 Å². The molecule has 1 heterocycles. The van der Waals surface area contributed by atoms with Gasteiger partial charge in [0.1, 0.15) is 17.2 Å². The molecule has 0 spiro atoms. The number of methoxy groups -OCH3 is 2. The molecule has 5 nitrogen and oxygen atoms in total. The number of nitrogens with zero attached hydrogens (tertiary/aromatic N) is 1. The van der Waals surface area contributed by atoms with E-state index in [1.165, 1.54) is 0 Å². The number of ether oxygens (including phenoxy) is 2. The molecule has 130 valence electrons. The van der Waals surface area contributed by atoms with Gasteiger partial charge in [0, 0.05) is 21.2 Å². The third kappa shape index (κ3) is 3.44. The molecule has 0 atom stereocenters. The predicted molar refractivity (Wildman–Crippen MR) is 96.4 cm³/mol. The van der Waals surface area contributed by atoms with Gasteiger partial charge in [0.25, 0.3) is 0 Å². The SMILES string of the molecule is COc1ccc(OC)c(-c2noc(-c3cc(Cl)cc(Cl)c3)c2CO)c1. The maximum atomic E-state index is 9.90. The van der Waals surface area contributed by atoms with Crippen LogP contribution in [0.15, 0.2) is 40.9 Å². The lowest BCUT2D eigenvalue weighted by Gasteiger charge is -2.09. The summed E-state index contributed by atoms with van der Waals surface area (Å²) in [4.78, 5) is 0. The Kier molecular flexibility index (Phi) is 5.18. The molecule has 25 heavy (non-hydrogen) atoms. The van der Waals surface area contributed by atoms with Gasteiger partial charge in [0.15, 0.2) is 5.76 Å². The van der Waals surface area contributed by atoms with Gasteiger partial charge in [-0.3, -0.25) is 0 Å². The predicted octanol–water partition coefficient (Wildman–Crippen LogP) is 4.82. The number of hydrogen-bond acceptors (Lipinski definition) is 5. The van der Waals surface area contributed by atoms with Crippen molar-refractivity contribution in [1.29, 1.82) is 0 Å². The van der Waals surface area contributed by atoms with Gasteiger partial charge in [-0.05, 0) is 36.4 Å². The quantitative estimate of drug-likeness (QED) is 0.687. The normalized spacial score (nSPS) is 10.8. The first-order valence-electron chi connectivity index (χ1n) is 7.35. The molecule has 2 aromatic carbocycles. The van der Waals surface area contributed by atoms with Crippen LogP contribution in [0.25, 0.3) is 22.6 Å². The van der Waals surface area contributed by atoms with Crippen molar-refractivity contribution >= 4 is 23.2 Å². The van der Waals surface area contributed by atoms with Crippen molar-refractivity contribution in [3.05, 3.63) is 52.0 Å². The average molecular weight is 380 g/mol. The largest absolute Gasteiger partial charge is 0.497 e. The Morgan fingerprint density at radius 1 is 1.04 bits per heavy atom. The van der Waals surface area contributed by atoms with Crippen LogP contribution in [0.2, 0.25) is 10.0 Å². The molecule has 0 aliphatic heterocycles. The fourth-order valence-electron chi connectivity index (χ4n) is 2.58. The molecule has 0 aliphatic carbocycles. The summed E-state index contributed by atoms with van der Waals surface area (Å²) in [5, 5.41) is 14.9. The highest BCUT2D eigenvalue weighted by atomic mass is 35.5. The Bertz CT molecular complexity index is 888. The standard InChI is InChI=1S/C18H15Cl2NO4/c1-23-13-3-4-16(24-2)14(8-13)17-15(9-22)18(25-21-17)10-5-11(19)7-12(20)6-10/h3-8,22H,9H2,1-2H3. The number of benzene rings is 2. The van der Waals surface area contributed by atoms with Gasteiger partial charge in [-0.2, -0.15) is 0 Å². The molecule has 0 saturated heterocycles. The summed E-state index contributed by atoms with van der Waals surface area (Å²) in [6.45, 7) is -0.279. The minimum atomic E-state index is -0.279. The Morgan fingerprint density at radius 3 is 2.36 bits per heavy atom. The summed E-state index contributed by atoms with van der Waals surface area (Å²) in [5.41, 5.74) is 2.24. The van der Waals surface area contributed by atoms with Gasteiger partial charge >= 0.3 is 0 Å². The van der Waals surface area contributed by atoms with E-state index in [-0.39, 0.29) is 6.61 Å². The van der Waals surface area contributed by atoms with E-state index in [2.05, 4.69) is 5.16 Å². The molecule has 7 heteroatoms. The van der Waals surface area contributed by atoms with Gasteiger partial charge in [-0.25, -0.2) is 0 Å². The average Bonchev–Trinajstić information content (AvgIpc) is 3.04. The zero-order valence-electron chi connectivity index (χ0n) is 13.5. The second kappa shape index (κ2) is 7.35. The van der Waals surface area contributed by atoms with Crippen molar-refractivity contribution in [1.82, 2.24) is 5.16 Å². The molecule has 0 amide bonds. The number of aromatic nitrogens is 1. The minimum Gasteiger partial charge on any atom is -0.497 e. The topological polar surface area (TPSA) is 64.7 Å². The first kappa shape index (κ1) is 17.6. The summed E-state index contributed by atoms with van der Waals surface area (Å²) in [5.74, 6) is 1.61. The lowest BCUT2D eigenvalue weighted by molar-refractivity contribution is 0.281. The monoisotopic (exact) mass is 379 g/mol. The van der Waals surface area contributed by atoms with Crippen molar-refractivity contribution in [3.8, 4) is 34.1 Å². The van der Waals surface area contributed by atoms with Crippen LogP contribution in [0, 0.1) is 0 Å². The van der Waals surface area contributed by atoms with Crippen LogP contribution in [-0.2, 0) is 6.61 Å². The van der Waals surface area contributed by atoms with Crippen molar-refractivity contribution < 1.29 is 19.1 Å². The number of aliphatic hydroxyl groups is 1. The molecule has 0 saturated carbocycles. The Balaban J connectivity index is 2.18. The summed E-state index contributed by atoms with van der Waals surface area (Å²) in [6, 6.07) is 10.3. The van der Waals surface area contributed by atoms with E-state index in [1.807, 2.05) is 0 Å². The zero-order valence-corrected chi connectivity index (χ0v) is 15.1. The lowest BCUT2D eigenvalue weighted by atomic mass is 10.0. The van der Waals surface area contributed by atoms with Crippen molar-refractivity contribution in [3.63, 3.8) is 0 Å². The summed E-state index contributed by atoms with van der Waals surface area (Å²) < 4.78 is 16.1. The Hall–Kier alpha value is -2.21. The summed E-state index contributed by atoms with van der Waals surface area (Å²) in [7, 11) is 3.13. The minimum absolute atomic E-state index is 0.279. The van der Waals surface area contributed by atoms with Crippen molar-refractivity contribution in [2.45, 2.75) is 6.61 Å². The Labute approximate surface area is 154 Å². The molecule has 3 aromatic rings. The van der Waals surface area contributed by atoms with Crippen LogP contribution < -0.4 is 9.47 Å². The van der Waals surface area contributed by atoms with Crippen molar-refractivity contribution in [2.75, 3.05) is 14.2 Å². The van der Waals surface area contributed by atoms with Crippen LogP contribution in [0.1, 0.15) is 5.56 Å². The van der Waals surface area contributed by atoms with E-state index in [9.17, 15) is 5.11 Å². The first-order chi connectivity index (χ1) is 12.1. The Morgan fingerprint density at radius 2 is 1.76 bits per heavy atom. The maximum absolute atomic E-state index is 9.90. The van der Waals surface area contributed by atoms with Gasteiger partial charge in [-0.1, -0.05) is 28.4 Å². The highest BCUT2D eigenvalue weighted by molar-refractivity contribution is 6.35. The number of aliphatic hydroxyl groups excluding tert-OH is 1. The fraction of sp³-hybridized carbons (Fsp3) is 0.167. The van der Waals surface area contributed by atoms with E-state index >= 15 is 0 Å². The number of hydrogen-bond donors (Lipinski definition) is 1. The summed E-state index contributed by atoms with van der Waals surface area (Å²) in [6.07, 6.45) is 0.